The number of hydrogen-bond donors (Lipinski definition) is 2. The van der Waals surface area contributed by atoms with Gasteiger partial charge in [-0.05, 0) is 38.0 Å². The fourth-order valence-corrected chi connectivity index (χ4v) is 2.99. The molecule has 0 unspecified atom stereocenters. The molecule has 0 spiro atoms. The van der Waals surface area contributed by atoms with E-state index in [1.54, 1.807) is 4.90 Å². The van der Waals surface area contributed by atoms with Crippen LogP contribution in [-0.2, 0) is 4.79 Å². The second-order valence-corrected chi connectivity index (χ2v) is 6.27. The zero-order valence-electron chi connectivity index (χ0n) is 12.4. The SMILES string of the molecule is CCCN(CC1CC1)C(=O)NC1(C(=O)O)CCCCC1. The molecule has 2 aliphatic rings. The number of carbonyl (C=O) groups is 2. The van der Waals surface area contributed by atoms with Crippen molar-refractivity contribution in [3.8, 4) is 0 Å². The number of carboxylic acids is 1. The minimum atomic E-state index is -1.04. The van der Waals surface area contributed by atoms with Gasteiger partial charge >= 0.3 is 12.0 Å². The predicted octanol–water partition coefficient (Wildman–Crippen LogP) is 2.61. The van der Waals surface area contributed by atoms with Gasteiger partial charge in [-0.1, -0.05) is 26.2 Å². The first kappa shape index (κ1) is 15.1. The topological polar surface area (TPSA) is 69.6 Å². The zero-order chi connectivity index (χ0) is 14.6. The summed E-state index contributed by atoms with van der Waals surface area (Å²) < 4.78 is 0. The van der Waals surface area contributed by atoms with Gasteiger partial charge < -0.3 is 15.3 Å². The van der Waals surface area contributed by atoms with E-state index in [0.717, 1.165) is 32.2 Å². The molecule has 114 valence electrons. The Labute approximate surface area is 120 Å². The van der Waals surface area contributed by atoms with Crippen molar-refractivity contribution in [2.75, 3.05) is 13.1 Å². The standard InChI is InChI=1S/C15H26N2O3/c1-2-10-17(11-12-6-7-12)14(20)16-15(13(18)19)8-4-3-5-9-15/h12H,2-11H2,1H3,(H,16,20)(H,18,19). The summed E-state index contributed by atoms with van der Waals surface area (Å²) in [6, 6.07) is -0.192. The number of rotatable bonds is 6. The summed E-state index contributed by atoms with van der Waals surface area (Å²) in [5, 5.41) is 12.3. The molecule has 2 fully saturated rings. The van der Waals surface area contributed by atoms with E-state index < -0.39 is 11.5 Å². The second-order valence-electron chi connectivity index (χ2n) is 6.27. The molecule has 2 saturated carbocycles. The van der Waals surface area contributed by atoms with Crippen molar-refractivity contribution < 1.29 is 14.7 Å². The molecule has 20 heavy (non-hydrogen) atoms. The van der Waals surface area contributed by atoms with Crippen LogP contribution in [0.3, 0.4) is 0 Å². The first-order chi connectivity index (χ1) is 9.57. The second kappa shape index (κ2) is 6.46. The number of carbonyl (C=O) groups excluding carboxylic acids is 1. The third-order valence-electron chi connectivity index (χ3n) is 4.42. The van der Waals surface area contributed by atoms with Gasteiger partial charge in [0.1, 0.15) is 5.54 Å². The summed E-state index contributed by atoms with van der Waals surface area (Å²) >= 11 is 0. The van der Waals surface area contributed by atoms with E-state index in [-0.39, 0.29) is 6.03 Å². The highest BCUT2D eigenvalue weighted by molar-refractivity contribution is 5.86. The molecular weight excluding hydrogens is 256 g/mol. The van der Waals surface area contributed by atoms with Crippen LogP contribution in [0.15, 0.2) is 0 Å². The molecule has 2 aliphatic carbocycles. The lowest BCUT2D eigenvalue weighted by molar-refractivity contribution is -0.146. The molecule has 0 bridgehead atoms. The number of nitrogens with one attached hydrogen (secondary N) is 1. The van der Waals surface area contributed by atoms with Crippen molar-refractivity contribution in [1.82, 2.24) is 10.2 Å². The van der Waals surface area contributed by atoms with Crippen molar-refractivity contribution in [2.45, 2.75) is 63.8 Å². The largest absolute Gasteiger partial charge is 0.480 e. The highest BCUT2D eigenvalue weighted by Gasteiger charge is 2.42. The van der Waals surface area contributed by atoms with Gasteiger partial charge in [-0.3, -0.25) is 0 Å². The van der Waals surface area contributed by atoms with Crippen molar-refractivity contribution in [3.63, 3.8) is 0 Å². The van der Waals surface area contributed by atoms with Crippen LogP contribution in [0.25, 0.3) is 0 Å². The van der Waals surface area contributed by atoms with Crippen LogP contribution in [0.2, 0.25) is 0 Å². The summed E-state index contributed by atoms with van der Waals surface area (Å²) in [5.41, 5.74) is -1.04. The van der Waals surface area contributed by atoms with Crippen LogP contribution < -0.4 is 5.32 Å². The minimum Gasteiger partial charge on any atom is -0.480 e. The van der Waals surface area contributed by atoms with E-state index in [1.807, 2.05) is 6.92 Å². The van der Waals surface area contributed by atoms with Crippen LogP contribution >= 0.6 is 0 Å². The van der Waals surface area contributed by atoms with E-state index in [0.29, 0.717) is 25.3 Å². The Morgan fingerprint density at radius 3 is 2.40 bits per heavy atom. The number of urea groups is 1. The molecule has 2 rings (SSSR count). The average Bonchev–Trinajstić information content (AvgIpc) is 3.23. The molecule has 0 saturated heterocycles. The molecule has 2 N–H and O–H groups in total. The molecule has 0 aromatic heterocycles. The third kappa shape index (κ3) is 3.64. The highest BCUT2D eigenvalue weighted by Crippen LogP contribution is 2.31. The Morgan fingerprint density at radius 2 is 1.90 bits per heavy atom. The Hall–Kier alpha value is -1.26. The Kier molecular flexibility index (Phi) is 4.89. The number of aliphatic carboxylic acids is 1. The minimum absolute atomic E-state index is 0.192. The van der Waals surface area contributed by atoms with E-state index in [1.165, 1.54) is 12.8 Å². The van der Waals surface area contributed by atoms with E-state index in [9.17, 15) is 14.7 Å². The normalized spacial score (nSPS) is 21.2. The van der Waals surface area contributed by atoms with Crippen molar-refractivity contribution in [1.29, 1.82) is 0 Å². The summed E-state index contributed by atoms with van der Waals surface area (Å²) in [7, 11) is 0. The van der Waals surface area contributed by atoms with Crippen LogP contribution in [0.4, 0.5) is 4.79 Å². The monoisotopic (exact) mass is 282 g/mol. The summed E-state index contributed by atoms with van der Waals surface area (Å²) in [5.74, 6) is -0.257. The van der Waals surface area contributed by atoms with Crippen molar-refractivity contribution in [3.05, 3.63) is 0 Å². The van der Waals surface area contributed by atoms with Gasteiger partial charge in [0.25, 0.3) is 0 Å². The first-order valence-electron chi connectivity index (χ1n) is 7.88. The van der Waals surface area contributed by atoms with Crippen molar-refractivity contribution >= 4 is 12.0 Å². The van der Waals surface area contributed by atoms with E-state index in [4.69, 9.17) is 0 Å². The number of carboxylic acid groups (broad SMARTS) is 1. The molecule has 0 atom stereocenters. The maximum absolute atomic E-state index is 12.4. The maximum atomic E-state index is 12.4. The average molecular weight is 282 g/mol. The van der Waals surface area contributed by atoms with Crippen LogP contribution in [0.1, 0.15) is 58.3 Å². The molecule has 0 aromatic rings. The summed E-state index contributed by atoms with van der Waals surface area (Å²) in [4.78, 5) is 25.8. The number of amides is 2. The fourth-order valence-electron chi connectivity index (χ4n) is 2.99. The Bertz CT molecular complexity index is 360. The maximum Gasteiger partial charge on any atom is 0.329 e. The first-order valence-corrected chi connectivity index (χ1v) is 7.88. The number of hydrogen-bond acceptors (Lipinski definition) is 2. The molecule has 0 heterocycles. The molecule has 0 radical (unpaired) electrons. The smallest absolute Gasteiger partial charge is 0.329 e. The van der Waals surface area contributed by atoms with E-state index >= 15 is 0 Å². The third-order valence-corrected chi connectivity index (χ3v) is 4.42. The summed E-state index contributed by atoms with van der Waals surface area (Å²) in [6.45, 7) is 3.52. The van der Waals surface area contributed by atoms with Crippen LogP contribution in [-0.4, -0.2) is 40.6 Å². The van der Waals surface area contributed by atoms with Gasteiger partial charge in [-0.15, -0.1) is 0 Å². The zero-order valence-corrected chi connectivity index (χ0v) is 12.4. The molecule has 5 heteroatoms. The van der Waals surface area contributed by atoms with Gasteiger partial charge in [0, 0.05) is 13.1 Å². The molecule has 2 amide bonds. The number of nitrogens with zero attached hydrogens (tertiary/aromatic N) is 1. The fraction of sp³-hybridized carbons (Fsp3) is 0.867. The lowest BCUT2D eigenvalue weighted by Crippen LogP contribution is -2.59. The lowest BCUT2D eigenvalue weighted by Gasteiger charge is -2.36. The summed E-state index contributed by atoms with van der Waals surface area (Å²) in [6.07, 6.45) is 7.21. The molecule has 0 aromatic carbocycles. The Morgan fingerprint density at radius 1 is 1.25 bits per heavy atom. The Balaban J connectivity index is 1.99. The van der Waals surface area contributed by atoms with E-state index in [2.05, 4.69) is 5.32 Å². The van der Waals surface area contributed by atoms with Gasteiger partial charge in [0.05, 0.1) is 0 Å². The van der Waals surface area contributed by atoms with Crippen LogP contribution in [0.5, 0.6) is 0 Å². The molecule has 0 aliphatic heterocycles. The van der Waals surface area contributed by atoms with Crippen LogP contribution in [0, 0.1) is 5.92 Å². The van der Waals surface area contributed by atoms with Gasteiger partial charge in [-0.25, -0.2) is 9.59 Å². The van der Waals surface area contributed by atoms with Gasteiger partial charge in [0.2, 0.25) is 0 Å². The molecule has 5 nitrogen and oxygen atoms in total. The van der Waals surface area contributed by atoms with Gasteiger partial charge in [0.15, 0.2) is 0 Å². The predicted molar refractivity (Wildman–Crippen MR) is 76.6 cm³/mol. The molecular formula is C15H26N2O3. The lowest BCUT2D eigenvalue weighted by atomic mass is 9.82. The highest BCUT2D eigenvalue weighted by atomic mass is 16.4. The van der Waals surface area contributed by atoms with Gasteiger partial charge in [-0.2, -0.15) is 0 Å². The quantitative estimate of drug-likeness (QED) is 0.786. The van der Waals surface area contributed by atoms with Crippen molar-refractivity contribution in [2.24, 2.45) is 5.92 Å².